The van der Waals surface area contributed by atoms with Crippen molar-refractivity contribution in [1.29, 1.82) is 0 Å². The number of likely N-dealkylation sites (tertiary alicyclic amines) is 1. The van der Waals surface area contributed by atoms with Crippen LogP contribution < -0.4 is 5.32 Å². The first-order chi connectivity index (χ1) is 9.45. The number of carbonyl (C=O) groups is 1. The molecule has 0 radical (unpaired) electrons. The van der Waals surface area contributed by atoms with Crippen molar-refractivity contribution in [3.63, 3.8) is 0 Å². The molecule has 1 saturated heterocycles. The third-order valence-electron chi connectivity index (χ3n) is 3.66. The molecule has 1 N–H and O–H groups in total. The summed E-state index contributed by atoms with van der Waals surface area (Å²) in [6.07, 6.45) is 2.10. The summed E-state index contributed by atoms with van der Waals surface area (Å²) in [6, 6.07) is 0.313. The van der Waals surface area contributed by atoms with Crippen molar-refractivity contribution in [3.05, 3.63) is 15.6 Å². The topological polar surface area (TPSA) is 45.2 Å². The Labute approximate surface area is 125 Å². The lowest BCUT2D eigenvalue weighted by Gasteiger charge is -2.33. The summed E-state index contributed by atoms with van der Waals surface area (Å²) in [4.78, 5) is 19.8. The molecule has 1 aromatic rings. The van der Waals surface area contributed by atoms with Crippen molar-refractivity contribution in [2.24, 2.45) is 5.92 Å². The number of nitrogens with zero attached hydrogens (tertiary/aromatic N) is 2. The van der Waals surface area contributed by atoms with Crippen LogP contribution >= 0.6 is 11.3 Å². The second-order valence-electron chi connectivity index (χ2n) is 6.09. The van der Waals surface area contributed by atoms with E-state index in [2.05, 4.69) is 29.0 Å². The van der Waals surface area contributed by atoms with Crippen LogP contribution in [-0.4, -0.2) is 41.5 Å². The van der Waals surface area contributed by atoms with Gasteiger partial charge < -0.3 is 10.2 Å². The van der Waals surface area contributed by atoms with Gasteiger partial charge >= 0.3 is 0 Å². The number of nitrogens with one attached hydrogen (secondary N) is 1. The molecule has 20 heavy (non-hydrogen) atoms. The molecule has 0 spiro atoms. The van der Waals surface area contributed by atoms with Crippen LogP contribution in [0.15, 0.2) is 0 Å². The lowest BCUT2D eigenvalue weighted by Crippen LogP contribution is -2.45. The van der Waals surface area contributed by atoms with Gasteiger partial charge in [-0.2, -0.15) is 0 Å². The fourth-order valence-corrected chi connectivity index (χ4v) is 3.59. The molecule has 1 amide bonds. The monoisotopic (exact) mass is 295 g/mol. The van der Waals surface area contributed by atoms with E-state index in [0.29, 0.717) is 12.0 Å². The van der Waals surface area contributed by atoms with E-state index in [-0.39, 0.29) is 5.91 Å². The maximum absolute atomic E-state index is 12.3. The molecular formula is C15H25N3OS. The van der Waals surface area contributed by atoms with E-state index >= 15 is 0 Å². The van der Waals surface area contributed by atoms with E-state index in [1.807, 2.05) is 13.8 Å². The predicted molar refractivity (Wildman–Crippen MR) is 83.4 cm³/mol. The van der Waals surface area contributed by atoms with Gasteiger partial charge in [0.1, 0.15) is 4.88 Å². The highest BCUT2D eigenvalue weighted by Gasteiger charge is 2.23. The van der Waals surface area contributed by atoms with Crippen LogP contribution in [0.4, 0.5) is 0 Å². The van der Waals surface area contributed by atoms with Gasteiger partial charge in [0.25, 0.3) is 5.91 Å². The lowest BCUT2D eigenvalue weighted by molar-refractivity contribution is 0.0910. The molecule has 0 unspecified atom stereocenters. The summed E-state index contributed by atoms with van der Waals surface area (Å²) in [6.45, 7) is 11.7. The van der Waals surface area contributed by atoms with Gasteiger partial charge in [-0.25, -0.2) is 4.98 Å². The molecule has 4 nitrogen and oxygen atoms in total. The highest BCUT2D eigenvalue weighted by Crippen LogP contribution is 2.18. The number of amides is 1. The van der Waals surface area contributed by atoms with Gasteiger partial charge in [-0.3, -0.25) is 4.79 Å². The van der Waals surface area contributed by atoms with Crippen LogP contribution in [0, 0.1) is 19.8 Å². The number of aryl methyl sites for hydroxylation is 2. The molecule has 2 rings (SSSR count). The number of carbonyl (C=O) groups excluding carboxylic acids is 1. The summed E-state index contributed by atoms with van der Waals surface area (Å²) in [5.74, 6) is 0.763. The molecule has 2 heterocycles. The molecule has 5 heteroatoms. The predicted octanol–water partition coefficient (Wildman–Crippen LogP) is 2.61. The van der Waals surface area contributed by atoms with Crippen molar-refractivity contribution in [2.45, 2.75) is 46.6 Å². The minimum absolute atomic E-state index is 0.0513. The average Bonchev–Trinajstić information content (AvgIpc) is 2.70. The Hall–Kier alpha value is -0.940. The highest BCUT2D eigenvalue weighted by atomic mass is 32.1. The summed E-state index contributed by atoms with van der Waals surface area (Å²) in [5.41, 5.74) is 0.849. The first kappa shape index (κ1) is 15.4. The van der Waals surface area contributed by atoms with Crippen molar-refractivity contribution in [3.8, 4) is 0 Å². The largest absolute Gasteiger partial charge is 0.348 e. The molecule has 0 aromatic carbocycles. The van der Waals surface area contributed by atoms with Crippen molar-refractivity contribution >= 4 is 17.2 Å². The van der Waals surface area contributed by atoms with E-state index in [9.17, 15) is 4.79 Å². The number of hydrogen-bond acceptors (Lipinski definition) is 4. The molecule has 112 valence electrons. The van der Waals surface area contributed by atoms with Gasteiger partial charge in [-0.1, -0.05) is 13.8 Å². The Morgan fingerprint density at radius 1 is 1.40 bits per heavy atom. The second-order valence-corrected chi connectivity index (χ2v) is 7.29. The Bertz CT molecular complexity index is 462. The van der Waals surface area contributed by atoms with Crippen molar-refractivity contribution in [2.75, 3.05) is 19.6 Å². The van der Waals surface area contributed by atoms with Crippen LogP contribution in [0.1, 0.15) is 47.1 Å². The SMILES string of the molecule is Cc1nc(C)c(C(=O)NC2CCN(CC(C)C)CC2)s1. The smallest absolute Gasteiger partial charge is 0.263 e. The van der Waals surface area contributed by atoms with Crippen LogP contribution in [0.25, 0.3) is 0 Å². The molecule has 0 bridgehead atoms. The number of rotatable bonds is 4. The maximum atomic E-state index is 12.3. The van der Waals surface area contributed by atoms with Gasteiger partial charge in [0.2, 0.25) is 0 Å². The maximum Gasteiger partial charge on any atom is 0.263 e. The van der Waals surface area contributed by atoms with E-state index in [0.717, 1.165) is 48.1 Å². The summed E-state index contributed by atoms with van der Waals surface area (Å²) < 4.78 is 0. The molecule has 1 aliphatic rings. The first-order valence-corrected chi connectivity index (χ1v) is 8.24. The van der Waals surface area contributed by atoms with E-state index in [4.69, 9.17) is 0 Å². The standard InChI is InChI=1S/C15H25N3OS/c1-10(2)9-18-7-5-13(6-8-18)17-15(19)14-11(3)16-12(4)20-14/h10,13H,5-9H2,1-4H3,(H,17,19). The molecule has 0 aliphatic carbocycles. The third kappa shape index (κ3) is 4.03. The number of aromatic nitrogens is 1. The first-order valence-electron chi connectivity index (χ1n) is 7.43. The summed E-state index contributed by atoms with van der Waals surface area (Å²) >= 11 is 1.49. The third-order valence-corrected chi connectivity index (χ3v) is 4.73. The minimum atomic E-state index is 0.0513. The number of thiazole rings is 1. The van der Waals surface area contributed by atoms with Crippen molar-refractivity contribution in [1.82, 2.24) is 15.2 Å². The Morgan fingerprint density at radius 3 is 2.55 bits per heavy atom. The number of hydrogen-bond donors (Lipinski definition) is 1. The summed E-state index contributed by atoms with van der Waals surface area (Å²) in [5, 5.41) is 4.13. The molecule has 0 saturated carbocycles. The Kier molecular flexibility index (Phi) is 5.16. The lowest BCUT2D eigenvalue weighted by atomic mass is 10.0. The Morgan fingerprint density at radius 2 is 2.05 bits per heavy atom. The quantitative estimate of drug-likeness (QED) is 0.928. The highest BCUT2D eigenvalue weighted by molar-refractivity contribution is 7.13. The Balaban J connectivity index is 1.83. The fraction of sp³-hybridized carbons (Fsp3) is 0.733. The normalized spacial score (nSPS) is 17.6. The van der Waals surface area contributed by atoms with Gasteiger partial charge in [0.05, 0.1) is 10.7 Å². The van der Waals surface area contributed by atoms with Crippen LogP contribution in [-0.2, 0) is 0 Å². The molecule has 1 aliphatic heterocycles. The van der Waals surface area contributed by atoms with Crippen LogP contribution in [0.2, 0.25) is 0 Å². The number of piperidine rings is 1. The summed E-state index contributed by atoms with van der Waals surface area (Å²) in [7, 11) is 0. The van der Waals surface area contributed by atoms with Gasteiger partial charge in [0, 0.05) is 25.7 Å². The molecule has 1 fully saturated rings. The van der Waals surface area contributed by atoms with Gasteiger partial charge in [0.15, 0.2) is 0 Å². The minimum Gasteiger partial charge on any atom is -0.348 e. The van der Waals surface area contributed by atoms with E-state index in [1.54, 1.807) is 0 Å². The van der Waals surface area contributed by atoms with Crippen LogP contribution in [0.5, 0.6) is 0 Å². The van der Waals surface area contributed by atoms with Crippen LogP contribution in [0.3, 0.4) is 0 Å². The van der Waals surface area contributed by atoms with Crippen molar-refractivity contribution < 1.29 is 4.79 Å². The molecule has 0 atom stereocenters. The van der Waals surface area contributed by atoms with E-state index < -0.39 is 0 Å². The molecular weight excluding hydrogens is 270 g/mol. The van der Waals surface area contributed by atoms with Gasteiger partial charge in [-0.15, -0.1) is 11.3 Å². The van der Waals surface area contributed by atoms with Gasteiger partial charge in [-0.05, 0) is 32.6 Å². The zero-order valence-corrected chi connectivity index (χ0v) is 13.7. The molecule has 1 aromatic heterocycles. The average molecular weight is 295 g/mol. The zero-order chi connectivity index (χ0) is 14.7. The zero-order valence-electron chi connectivity index (χ0n) is 12.9. The second kappa shape index (κ2) is 6.68. The van der Waals surface area contributed by atoms with E-state index in [1.165, 1.54) is 11.3 Å². The fourth-order valence-electron chi connectivity index (χ4n) is 2.77.